The third-order valence-corrected chi connectivity index (χ3v) is 3.78. The maximum atomic E-state index is 12.9. The fraction of sp³-hybridized carbons (Fsp3) is 0.0500. The van der Waals surface area contributed by atoms with E-state index in [2.05, 4.69) is 4.99 Å². The van der Waals surface area contributed by atoms with Gasteiger partial charge in [0.1, 0.15) is 11.6 Å². The minimum atomic E-state index is -4.70. The summed E-state index contributed by atoms with van der Waals surface area (Å²) in [5.41, 5.74) is -0.707. The normalized spacial score (nSPS) is 11.6. The van der Waals surface area contributed by atoms with Crippen LogP contribution in [0.1, 0.15) is 11.1 Å². The standard InChI is InChI=1S/C20H12F4N2O3/c21-15-4-6-16(7-5-15)25-12-13-1-8-17(9-2-13)29-19-10-3-14(20(22,23)24)11-18(19)26(27)28/h1-12H. The van der Waals surface area contributed by atoms with Gasteiger partial charge in [-0.05, 0) is 66.2 Å². The van der Waals surface area contributed by atoms with Crippen molar-refractivity contribution in [2.24, 2.45) is 4.99 Å². The van der Waals surface area contributed by atoms with Crippen LogP contribution in [0.4, 0.5) is 28.9 Å². The second-order valence-electron chi connectivity index (χ2n) is 5.84. The van der Waals surface area contributed by atoms with Crippen LogP contribution in [0.2, 0.25) is 0 Å². The second kappa shape index (κ2) is 8.09. The highest BCUT2D eigenvalue weighted by Gasteiger charge is 2.33. The van der Waals surface area contributed by atoms with Gasteiger partial charge in [-0.1, -0.05) is 0 Å². The first-order chi connectivity index (χ1) is 13.7. The largest absolute Gasteiger partial charge is 0.450 e. The molecule has 0 saturated heterocycles. The molecular weight excluding hydrogens is 392 g/mol. The summed E-state index contributed by atoms with van der Waals surface area (Å²) in [6, 6.07) is 13.8. The number of rotatable bonds is 5. The highest BCUT2D eigenvalue weighted by atomic mass is 19.4. The van der Waals surface area contributed by atoms with E-state index in [1.54, 1.807) is 12.1 Å². The lowest BCUT2D eigenvalue weighted by Crippen LogP contribution is -2.06. The molecule has 0 amide bonds. The number of aliphatic imine (C=N–C) groups is 1. The Morgan fingerprint density at radius 1 is 0.966 bits per heavy atom. The van der Waals surface area contributed by atoms with Crippen LogP contribution in [-0.4, -0.2) is 11.1 Å². The third kappa shape index (κ3) is 5.16. The predicted molar refractivity (Wildman–Crippen MR) is 98.3 cm³/mol. The van der Waals surface area contributed by atoms with Crippen molar-refractivity contribution in [2.75, 3.05) is 0 Å². The van der Waals surface area contributed by atoms with E-state index in [0.717, 1.165) is 6.07 Å². The summed E-state index contributed by atoms with van der Waals surface area (Å²) in [5.74, 6) is -0.481. The lowest BCUT2D eigenvalue weighted by molar-refractivity contribution is -0.385. The van der Waals surface area contributed by atoms with Crippen LogP contribution in [0.5, 0.6) is 11.5 Å². The summed E-state index contributed by atoms with van der Waals surface area (Å²) in [7, 11) is 0. The van der Waals surface area contributed by atoms with E-state index in [1.807, 2.05) is 0 Å². The molecule has 29 heavy (non-hydrogen) atoms. The number of nitro benzene ring substituents is 1. The molecule has 0 aliphatic carbocycles. The number of ether oxygens (including phenoxy) is 1. The SMILES string of the molecule is O=[N+]([O-])c1cc(C(F)(F)F)ccc1Oc1ccc(C=Nc2ccc(F)cc2)cc1. The molecule has 0 aliphatic rings. The average molecular weight is 404 g/mol. The first-order valence-corrected chi connectivity index (χ1v) is 8.15. The van der Waals surface area contributed by atoms with Crippen molar-refractivity contribution in [3.05, 3.63) is 93.8 Å². The van der Waals surface area contributed by atoms with Gasteiger partial charge in [-0.15, -0.1) is 0 Å². The van der Waals surface area contributed by atoms with E-state index in [9.17, 15) is 27.7 Å². The zero-order chi connectivity index (χ0) is 21.0. The molecule has 5 nitrogen and oxygen atoms in total. The van der Waals surface area contributed by atoms with Crippen LogP contribution in [0.3, 0.4) is 0 Å². The van der Waals surface area contributed by atoms with Gasteiger partial charge in [-0.25, -0.2) is 4.39 Å². The maximum Gasteiger partial charge on any atom is 0.416 e. The Labute approximate surface area is 162 Å². The molecule has 0 aliphatic heterocycles. The van der Waals surface area contributed by atoms with E-state index in [0.29, 0.717) is 23.4 Å². The molecule has 3 aromatic rings. The van der Waals surface area contributed by atoms with Gasteiger partial charge < -0.3 is 4.74 Å². The smallest absolute Gasteiger partial charge is 0.416 e. The molecule has 148 valence electrons. The fourth-order valence-corrected chi connectivity index (χ4v) is 2.35. The molecule has 3 aromatic carbocycles. The van der Waals surface area contributed by atoms with Gasteiger partial charge in [0.25, 0.3) is 0 Å². The monoisotopic (exact) mass is 404 g/mol. The van der Waals surface area contributed by atoms with E-state index in [-0.39, 0.29) is 17.3 Å². The van der Waals surface area contributed by atoms with Crippen molar-refractivity contribution >= 4 is 17.6 Å². The van der Waals surface area contributed by atoms with Crippen molar-refractivity contribution in [3.63, 3.8) is 0 Å². The summed E-state index contributed by atoms with van der Waals surface area (Å²) in [6.07, 6.45) is -3.17. The van der Waals surface area contributed by atoms with Crippen molar-refractivity contribution in [1.82, 2.24) is 0 Å². The Kier molecular flexibility index (Phi) is 5.58. The predicted octanol–water partition coefficient (Wildman–Crippen LogP) is 6.30. The zero-order valence-corrected chi connectivity index (χ0v) is 14.6. The summed E-state index contributed by atoms with van der Waals surface area (Å²) < 4.78 is 56.5. The number of hydrogen-bond donors (Lipinski definition) is 0. The van der Waals surface area contributed by atoms with Gasteiger partial charge in [0, 0.05) is 12.3 Å². The highest BCUT2D eigenvalue weighted by molar-refractivity contribution is 5.82. The van der Waals surface area contributed by atoms with Crippen LogP contribution in [0.25, 0.3) is 0 Å². The van der Waals surface area contributed by atoms with Gasteiger partial charge in [-0.3, -0.25) is 15.1 Å². The fourth-order valence-electron chi connectivity index (χ4n) is 2.35. The summed E-state index contributed by atoms with van der Waals surface area (Å²) in [4.78, 5) is 14.3. The van der Waals surface area contributed by atoms with E-state index in [1.165, 1.54) is 42.6 Å². The molecular formula is C20H12F4N2O3. The van der Waals surface area contributed by atoms with Gasteiger partial charge in [0.2, 0.25) is 5.75 Å². The van der Waals surface area contributed by atoms with Gasteiger partial charge in [-0.2, -0.15) is 13.2 Å². The number of nitrogens with zero attached hydrogens (tertiary/aromatic N) is 2. The Hall–Kier alpha value is -3.75. The van der Waals surface area contributed by atoms with E-state index < -0.39 is 22.4 Å². The van der Waals surface area contributed by atoms with Crippen LogP contribution < -0.4 is 4.74 Å². The number of halogens is 4. The second-order valence-corrected chi connectivity index (χ2v) is 5.84. The maximum absolute atomic E-state index is 12.9. The van der Waals surface area contributed by atoms with E-state index >= 15 is 0 Å². The zero-order valence-electron chi connectivity index (χ0n) is 14.6. The number of nitro groups is 1. The van der Waals surface area contributed by atoms with Gasteiger partial charge in [0.05, 0.1) is 16.2 Å². The molecule has 0 atom stereocenters. The molecule has 0 radical (unpaired) electrons. The molecule has 3 rings (SSSR count). The molecule has 9 heteroatoms. The lowest BCUT2D eigenvalue weighted by atomic mass is 10.2. The third-order valence-electron chi connectivity index (χ3n) is 3.78. The van der Waals surface area contributed by atoms with Crippen molar-refractivity contribution < 1.29 is 27.2 Å². The molecule has 0 unspecified atom stereocenters. The number of alkyl halides is 3. The van der Waals surface area contributed by atoms with Crippen LogP contribution in [0, 0.1) is 15.9 Å². The van der Waals surface area contributed by atoms with Crippen molar-refractivity contribution in [2.45, 2.75) is 6.18 Å². The lowest BCUT2D eigenvalue weighted by Gasteiger charge is -2.10. The Morgan fingerprint density at radius 3 is 2.21 bits per heavy atom. The molecule has 0 aromatic heterocycles. The van der Waals surface area contributed by atoms with E-state index in [4.69, 9.17) is 4.74 Å². The quantitative estimate of drug-likeness (QED) is 0.217. The minimum Gasteiger partial charge on any atom is -0.450 e. The first kappa shape index (κ1) is 20.0. The molecule has 0 fully saturated rings. The Balaban J connectivity index is 1.77. The Morgan fingerprint density at radius 2 is 1.62 bits per heavy atom. The number of benzene rings is 3. The Bertz CT molecular complexity index is 1050. The van der Waals surface area contributed by atoms with Gasteiger partial charge >= 0.3 is 11.9 Å². The van der Waals surface area contributed by atoms with Crippen LogP contribution >= 0.6 is 0 Å². The molecule has 0 heterocycles. The average Bonchev–Trinajstić information content (AvgIpc) is 2.68. The topological polar surface area (TPSA) is 64.7 Å². The minimum absolute atomic E-state index is 0.201. The summed E-state index contributed by atoms with van der Waals surface area (Å²) in [6.45, 7) is 0. The van der Waals surface area contributed by atoms with Gasteiger partial charge in [0.15, 0.2) is 0 Å². The first-order valence-electron chi connectivity index (χ1n) is 8.15. The van der Waals surface area contributed by atoms with Crippen molar-refractivity contribution in [1.29, 1.82) is 0 Å². The van der Waals surface area contributed by atoms with Crippen LogP contribution in [0.15, 0.2) is 71.7 Å². The summed E-state index contributed by atoms with van der Waals surface area (Å²) >= 11 is 0. The molecule has 0 N–H and O–H groups in total. The molecule has 0 spiro atoms. The van der Waals surface area contributed by atoms with Crippen LogP contribution in [-0.2, 0) is 6.18 Å². The van der Waals surface area contributed by atoms with Crippen molar-refractivity contribution in [3.8, 4) is 11.5 Å². The highest BCUT2D eigenvalue weighted by Crippen LogP contribution is 2.37. The molecule has 0 saturated carbocycles. The summed E-state index contributed by atoms with van der Waals surface area (Å²) in [5, 5.41) is 11.1. The molecule has 0 bridgehead atoms. The number of hydrogen-bond acceptors (Lipinski definition) is 4.